The van der Waals surface area contributed by atoms with Gasteiger partial charge in [-0.15, -0.1) is 0 Å². The second-order valence-corrected chi connectivity index (χ2v) is 5.32. The van der Waals surface area contributed by atoms with Gasteiger partial charge in [0.2, 0.25) is 5.91 Å². The first-order valence-electron chi connectivity index (χ1n) is 6.41. The molecule has 1 aliphatic carbocycles. The van der Waals surface area contributed by atoms with Crippen LogP contribution in [0.3, 0.4) is 0 Å². The van der Waals surface area contributed by atoms with E-state index in [0.29, 0.717) is 11.7 Å². The van der Waals surface area contributed by atoms with Crippen molar-refractivity contribution >= 4 is 23.3 Å². The second kappa shape index (κ2) is 5.25. The van der Waals surface area contributed by atoms with Gasteiger partial charge in [-0.25, -0.2) is 4.39 Å². The summed E-state index contributed by atoms with van der Waals surface area (Å²) in [4.78, 5) is 11.9. The van der Waals surface area contributed by atoms with Crippen molar-refractivity contribution in [1.29, 1.82) is 0 Å². The first kappa shape index (κ1) is 13.1. The van der Waals surface area contributed by atoms with E-state index >= 15 is 0 Å². The minimum absolute atomic E-state index is 0.114. The van der Waals surface area contributed by atoms with Gasteiger partial charge in [-0.2, -0.15) is 5.10 Å². The van der Waals surface area contributed by atoms with Crippen molar-refractivity contribution in [3.05, 3.63) is 46.4 Å². The van der Waals surface area contributed by atoms with Gasteiger partial charge in [-0.05, 0) is 25.0 Å². The number of amides is 1. The van der Waals surface area contributed by atoms with Gasteiger partial charge in [-0.3, -0.25) is 9.89 Å². The number of nitrogens with one attached hydrogen (secondary N) is 2. The first-order valence-corrected chi connectivity index (χ1v) is 6.79. The van der Waals surface area contributed by atoms with Crippen LogP contribution in [0.2, 0.25) is 5.02 Å². The second-order valence-electron chi connectivity index (χ2n) is 4.91. The molecule has 1 aliphatic rings. The molecule has 1 amide bonds. The van der Waals surface area contributed by atoms with Crippen LogP contribution in [0.4, 0.5) is 10.2 Å². The monoisotopic (exact) mass is 293 g/mol. The van der Waals surface area contributed by atoms with E-state index in [9.17, 15) is 9.18 Å². The Bertz CT molecular complexity index is 631. The predicted molar refractivity (Wildman–Crippen MR) is 74.3 cm³/mol. The molecule has 0 spiro atoms. The predicted octanol–water partition coefficient (Wildman–Crippen LogP) is 3.26. The van der Waals surface area contributed by atoms with Gasteiger partial charge in [0.05, 0.1) is 6.42 Å². The van der Waals surface area contributed by atoms with Crippen molar-refractivity contribution in [3.63, 3.8) is 0 Å². The third kappa shape index (κ3) is 2.82. The first-order chi connectivity index (χ1) is 9.63. The van der Waals surface area contributed by atoms with Gasteiger partial charge < -0.3 is 5.32 Å². The molecule has 3 rings (SSSR count). The Labute approximate surface area is 120 Å². The summed E-state index contributed by atoms with van der Waals surface area (Å²) in [5.74, 6) is 0.178. The lowest BCUT2D eigenvalue weighted by atomic mass is 10.1. The van der Waals surface area contributed by atoms with Crippen LogP contribution in [0.15, 0.2) is 24.3 Å². The Balaban J connectivity index is 1.66. The molecule has 0 atom stereocenters. The zero-order chi connectivity index (χ0) is 14.1. The number of nitrogens with zero attached hydrogens (tertiary/aromatic N) is 1. The maximum Gasteiger partial charge on any atom is 0.230 e. The van der Waals surface area contributed by atoms with Gasteiger partial charge in [0, 0.05) is 28.3 Å². The molecule has 0 radical (unpaired) electrons. The zero-order valence-corrected chi connectivity index (χ0v) is 11.4. The van der Waals surface area contributed by atoms with E-state index in [1.807, 2.05) is 6.07 Å². The molecule has 2 N–H and O–H groups in total. The van der Waals surface area contributed by atoms with Gasteiger partial charge in [0.15, 0.2) is 5.82 Å². The normalized spacial score (nSPS) is 14.3. The molecule has 0 unspecified atom stereocenters. The molecular formula is C14H13ClFN3O. The maximum absolute atomic E-state index is 13.6. The average Bonchev–Trinajstić information content (AvgIpc) is 3.15. The summed E-state index contributed by atoms with van der Waals surface area (Å²) in [6, 6.07) is 6.18. The number of carbonyl (C=O) groups is 1. The molecular weight excluding hydrogens is 281 g/mol. The smallest absolute Gasteiger partial charge is 0.230 e. The average molecular weight is 294 g/mol. The summed E-state index contributed by atoms with van der Waals surface area (Å²) in [7, 11) is 0. The van der Waals surface area contributed by atoms with Crippen molar-refractivity contribution in [3.8, 4) is 0 Å². The molecule has 2 aromatic rings. The Morgan fingerprint density at radius 1 is 1.50 bits per heavy atom. The number of aromatic amines is 1. The van der Waals surface area contributed by atoms with Crippen LogP contribution in [0.25, 0.3) is 0 Å². The lowest BCUT2D eigenvalue weighted by Gasteiger charge is -2.05. The van der Waals surface area contributed by atoms with Crippen LogP contribution in [0.1, 0.15) is 30.0 Å². The number of carbonyl (C=O) groups excluding carboxylic acids is 1. The largest absolute Gasteiger partial charge is 0.309 e. The summed E-state index contributed by atoms with van der Waals surface area (Å²) in [6.07, 6.45) is 2.19. The summed E-state index contributed by atoms with van der Waals surface area (Å²) in [5.41, 5.74) is 1.23. The van der Waals surface area contributed by atoms with E-state index in [4.69, 9.17) is 11.6 Å². The lowest BCUT2D eigenvalue weighted by Crippen LogP contribution is -2.15. The molecule has 1 fully saturated rings. The lowest BCUT2D eigenvalue weighted by molar-refractivity contribution is -0.115. The van der Waals surface area contributed by atoms with Crippen LogP contribution < -0.4 is 5.32 Å². The zero-order valence-electron chi connectivity index (χ0n) is 10.6. The topological polar surface area (TPSA) is 57.8 Å². The van der Waals surface area contributed by atoms with Crippen LogP contribution in [0.5, 0.6) is 0 Å². The van der Waals surface area contributed by atoms with Gasteiger partial charge in [0.1, 0.15) is 5.82 Å². The third-order valence-corrected chi connectivity index (χ3v) is 3.64. The van der Waals surface area contributed by atoms with Crippen LogP contribution >= 0.6 is 11.6 Å². The Kier molecular flexibility index (Phi) is 3.44. The van der Waals surface area contributed by atoms with Crippen LogP contribution in [0, 0.1) is 5.82 Å². The van der Waals surface area contributed by atoms with Crippen molar-refractivity contribution < 1.29 is 9.18 Å². The van der Waals surface area contributed by atoms with E-state index < -0.39 is 5.82 Å². The number of hydrogen-bond donors (Lipinski definition) is 2. The number of H-pyrrole nitrogens is 1. The van der Waals surface area contributed by atoms with Crippen molar-refractivity contribution in [2.45, 2.75) is 25.2 Å². The fourth-order valence-corrected chi connectivity index (χ4v) is 2.28. The van der Waals surface area contributed by atoms with E-state index in [0.717, 1.165) is 18.5 Å². The molecule has 0 bridgehead atoms. The van der Waals surface area contributed by atoms with Gasteiger partial charge >= 0.3 is 0 Å². The number of aromatic nitrogens is 2. The number of rotatable bonds is 4. The highest BCUT2D eigenvalue weighted by Gasteiger charge is 2.25. The SMILES string of the molecule is O=C(Cc1c(F)cccc1Cl)Nc1cc(C2CC2)[nH]n1. The Morgan fingerprint density at radius 3 is 3.00 bits per heavy atom. The van der Waals surface area contributed by atoms with Crippen LogP contribution in [-0.4, -0.2) is 16.1 Å². The van der Waals surface area contributed by atoms with Gasteiger partial charge in [0.25, 0.3) is 0 Å². The highest BCUT2D eigenvalue weighted by molar-refractivity contribution is 6.31. The molecule has 0 aliphatic heterocycles. The quantitative estimate of drug-likeness (QED) is 0.909. The Hall–Kier alpha value is -1.88. The molecule has 1 aromatic heterocycles. The summed E-state index contributed by atoms with van der Waals surface area (Å²) >= 11 is 5.89. The molecule has 1 heterocycles. The molecule has 4 nitrogen and oxygen atoms in total. The molecule has 104 valence electrons. The standard InChI is InChI=1S/C14H13ClFN3O/c15-10-2-1-3-11(16)9(10)6-14(20)17-13-7-12(18-19-13)8-4-5-8/h1-3,7-8H,4-6H2,(H2,17,18,19,20). The number of benzene rings is 1. The Morgan fingerprint density at radius 2 is 2.30 bits per heavy atom. The van der Waals surface area contributed by atoms with E-state index in [1.165, 1.54) is 12.1 Å². The number of halogens is 2. The highest BCUT2D eigenvalue weighted by atomic mass is 35.5. The van der Waals surface area contributed by atoms with Gasteiger partial charge in [-0.1, -0.05) is 17.7 Å². The maximum atomic E-state index is 13.6. The van der Waals surface area contributed by atoms with Crippen LogP contribution in [-0.2, 0) is 11.2 Å². The summed E-state index contributed by atoms with van der Waals surface area (Å²) < 4.78 is 13.6. The molecule has 0 saturated heterocycles. The molecule has 6 heteroatoms. The third-order valence-electron chi connectivity index (χ3n) is 3.28. The minimum atomic E-state index is -0.478. The van der Waals surface area contributed by atoms with Crippen molar-refractivity contribution in [1.82, 2.24) is 10.2 Å². The summed E-state index contributed by atoms with van der Waals surface area (Å²) in [5, 5.41) is 9.81. The van der Waals surface area contributed by atoms with E-state index in [-0.39, 0.29) is 22.9 Å². The van der Waals surface area contributed by atoms with E-state index in [2.05, 4.69) is 15.5 Å². The minimum Gasteiger partial charge on any atom is -0.309 e. The van der Waals surface area contributed by atoms with Crippen molar-refractivity contribution in [2.75, 3.05) is 5.32 Å². The fourth-order valence-electron chi connectivity index (χ4n) is 2.05. The summed E-state index contributed by atoms with van der Waals surface area (Å²) in [6.45, 7) is 0. The number of hydrogen-bond acceptors (Lipinski definition) is 2. The highest BCUT2D eigenvalue weighted by Crippen LogP contribution is 2.39. The molecule has 20 heavy (non-hydrogen) atoms. The van der Waals surface area contributed by atoms with Crippen molar-refractivity contribution in [2.24, 2.45) is 0 Å². The number of anilines is 1. The molecule has 1 saturated carbocycles. The molecule has 1 aromatic carbocycles. The van der Waals surface area contributed by atoms with E-state index in [1.54, 1.807) is 6.07 Å². The fraction of sp³-hybridized carbons (Fsp3) is 0.286.